The first kappa shape index (κ1) is 24.1. The van der Waals surface area contributed by atoms with E-state index in [4.69, 9.17) is 32.7 Å². The monoisotopic (exact) mass is 511 g/mol. The molecule has 4 aromatic rings. The summed E-state index contributed by atoms with van der Waals surface area (Å²) in [5, 5.41) is 6.10. The van der Waals surface area contributed by atoms with Crippen LogP contribution in [-0.4, -0.2) is 17.8 Å². The fourth-order valence-electron chi connectivity index (χ4n) is 3.25. The number of rotatable bonds is 9. The summed E-state index contributed by atoms with van der Waals surface area (Å²) in [5.74, 6) is 1.28. The zero-order valence-corrected chi connectivity index (χ0v) is 21.0. The van der Waals surface area contributed by atoms with E-state index in [0.29, 0.717) is 34.8 Å². The molecule has 0 amide bonds. The van der Waals surface area contributed by atoms with Crippen LogP contribution in [0.4, 0.5) is 5.13 Å². The van der Waals surface area contributed by atoms with Crippen LogP contribution in [0.3, 0.4) is 0 Å². The van der Waals surface area contributed by atoms with Crippen molar-refractivity contribution in [1.29, 1.82) is 0 Å². The lowest BCUT2D eigenvalue weighted by atomic mass is 10.1. The maximum atomic E-state index is 6.09. The van der Waals surface area contributed by atoms with Gasteiger partial charge in [-0.1, -0.05) is 59.6 Å². The largest absolute Gasteiger partial charge is 0.490 e. The van der Waals surface area contributed by atoms with Crippen LogP contribution in [0.25, 0.3) is 11.3 Å². The lowest BCUT2D eigenvalue weighted by Crippen LogP contribution is -2.01. The van der Waals surface area contributed by atoms with Crippen LogP contribution in [0.1, 0.15) is 22.9 Å². The molecule has 1 aromatic heterocycles. The van der Waals surface area contributed by atoms with Gasteiger partial charge in [-0.05, 0) is 55.3 Å². The quantitative estimate of drug-likeness (QED) is 0.183. The first-order valence-corrected chi connectivity index (χ1v) is 12.3. The summed E-state index contributed by atoms with van der Waals surface area (Å²) >= 11 is 13.6. The lowest BCUT2D eigenvalue weighted by Gasteiger charge is -2.13. The van der Waals surface area contributed by atoms with Crippen molar-refractivity contribution in [3.05, 3.63) is 92.8 Å². The number of nitrogens with zero attached hydrogens (tertiary/aromatic N) is 2. The van der Waals surface area contributed by atoms with Gasteiger partial charge in [0.15, 0.2) is 11.5 Å². The van der Waals surface area contributed by atoms with Gasteiger partial charge in [0, 0.05) is 10.4 Å². The smallest absolute Gasteiger partial charge is 0.204 e. The zero-order valence-electron chi connectivity index (χ0n) is 18.7. The van der Waals surface area contributed by atoms with E-state index in [9.17, 15) is 0 Å². The van der Waals surface area contributed by atoms with Crippen molar-refractivity contribution in [3.8, 4) is 22.8 Å². The molecule has 0 saturated heterocycles. The highest BCUT2D eigenvalue weighted by Gasteiger charge is 2.10. The topological polar surface area (TPSA) is 55.7 Å². The Hall–Kier alpha value is -3.06. The fraction of sp³-hybridized carbons (Fsp3) is 0.154. The molecular formula is C26H23Cl2N3O2S. The van der Waals surface area contributed by atoms with E-state index < -0.39 is 0 Å². The number of hydrazone groups is 1. The van der Waals surface area contributed by atoms with Gasteiger partial charge in [-0.3, -0.25) is 5.43 Å². The van der Waals surface area contributed by atoms with Crippen molar-refractivity contribution < 1.29 is 9.47 Å². The van der Waals surface area contributed by atoms with E-state index in [1.165, 1.54) is 0 Å². The van der Waals surface area contributed by atoms with Crippen molar-refractivity contribution in [2.45, 2.75) is 20.5 Å². The predicted octanol–water partition coefficient (Wildman–Crippen LogP) is 7.85. The molecule has 0 bridgehead atoms. The normalized spacial score (nSPS) is 11.1. The van der Waals surface area contributed by atoms with Gasteiger partial charge >= 0.3 is 0 Å². The Morgan fingerprint density at radius 1 is 0.971 bits per heavy atom. The van der Waals surface area contributed by atoms with Gasteiger partial charge < -0.3 is 9.47 Å². The number of benzene rings is 3. The summed E-state index contributed by atoms with van der Waals surface area (Å²) < 4.78 is 11.7. The molecule has 0 fully saturated rings. The third-order valence-electron chi connectivity index (χ3n) is 4.86. The van der Waals surface area contributed by atoms with Gasteiger partial charge in [0.2, 0.25) is 5.13 Å². The maximum absolute atomic E-state index is 6.09. The Labute approximate surface area is 213 Å². The van der Waals surface area contributed by atoms with Crippen LogP contribution in [0.5, 0.6) is 11.5 Å². The standard InChI is InChI=1S/C26H23Cl2N3O2S/c1-3-32-24-14-18(10-12-23(24)33-16-19-9-11-21(27)22(28)13-19)15-29-31-26-30-25(17(2)34-26)20-7-5-4-6-8-20/h4-15H,3,16H2,1-2H3,(H,30,31)/b29-15-. The Kier molecular flexibility index (Phi) is 8.06. The summed E-state index contributed by atoms with van der Waals surface area (Å²) in [6.45, 7) is 4.85. The molecule has 34 heavy (non-hydrogen) atoms. The SMILES string of the molecule is CCOc1cc(/C=N\Nc2nc(-c3ccccc3)c(C)s2)ccc1OCc1ccc(Cl)c(Cl)c1. The molecule has 0 saturated carbocycles. The first-order valence-electron chi connectivity index (χ1n) is 10.7. The predicted molar refractivity (Wildman–Crippen MR) is 142 cm³/mol. The second-order valence-electron chi connectivity index (χ2n) is 7.34. The maximum Gasteiger partial charge on any atom is 0.204 e. The molecule has 8 heteroatoms. The van der Waals surface area contributed by atoms with Crippen molar-refractivity contribution in [2.24, 2.45) is 5.10 Å². The molecule has 0 aliphatic heterocycles. The Bertz CT molecular complexity index is 1290. The van der Waals surface area contributed by atoms with Gasteiger partial charge in [-0.2, -0.15) is 5.10 Å². The number of aryl methyl sites for hydroxylation is 1. The summed E-state index contributed by atoms with van der Waals surface area (Å²) in [6.07, 6.45) is 1.73. The van der Waals surface area contributed by atoms with Crippen molar-refractivity contribution in [2.75, 3.05) is 12.0 Å². The molecule has 1 N–H and O–H groups in total. The van der Waals surface area contributed by atoms with E-state index in [-0.39, 0.29) is 0 Å². The molecule has 4 rings (SSSR count). The molecule has 3 aromatic carbocycles. The highest BCUT2D eigenvalue weighted by molar-refractivity contribution is 7.16. The second-order valence-corrected chi connectivity index (χ2v) is 9.35. The average Bonchev–Trinajstić information content (AvgIpc) is 3.21. The third kappa shape index (κ3) is 6.08. The Morgan fingerprint density at radius 3 is 2.56 bits per heavy atom. The molecule has 0 aliphatic rings. The molecule has 0 atom stereocenters. The number of ether oxygens (including phenoxy) is 2. The molecular weight excluding hydrogens is 489 g/mol. The molecule has 0 radical (unpaired) electrons. The second kappa shape index (κ2) is 11.4. The number of anilines is 1. The summed E-state index contributed by atoms with van der Waals surface area (Å²) in [7, 11) is 0. The summed E-state index contributed by atoms with van der Waals surface area (Å²) in [4.78, 5) is 5.80. The van der Waals surface area contributed by atoms with E-state index in [1.807, 2.05) is 49.4 Å². The third-order valence-corrected chi connectivity index (χ3v) is 6.48. The van der Waals surface area contributed by atoms with Crippen LogP contribution in [0.15, 0.2) is 71.8 Å². The molecule has 5 nitrogen and oxygen atoms in total. The molecule has 0 unspecified atom stereocenters. The van der Waals surface area contributed by atoms with Crippen LogP contribution in [0.2, 0.25) is 10.0 Å². The minimum absolute atomic E-state index is 0.346. The van der Waals surface area contributed by atoms with Crippen molar-refractivity contribution in [3.63, 3.8) is 0 Å². The van der Waals surface area contributed by atoms with E-state index in [0.717, 1.165) is 32.4 Å². The number of halogens is 2. The number of hydrogen-bond acceptors (Lipinski definition) is 6. The van der Waals surface area contributed by atoms with Crippen LogP contribution in [-0.2, 0) is 6.61 Å². The van der Waals surface area contributed by atoms with Gasteiger partial charge in [-0.25, -0.2) is 4.98 Å². The van der Waals surface area contributed by atoms with Gasteiger partial charge in [0.1, 0.15) is 6.61 Å². The van der Waals surface area contributed by atoms with Crippen LogP contribution in [0, 0.1) is 6.92 Å². The molecule has 174 valence electrons. The van der Waals surface area contributed by atoms with Crippen LogP contribution < -0.4 is 14.9 Å². The highest BCUT2D eigenvalue weighted by Crippen LogP contribution is 2.31. The molecule has 0 spiro atoms. The number of hydrogen-bond donors (Lipinski definition) is 1. The van der Waals surface area contributed by atoms with Gasteiger partial charge in [0.05, 0.1) is 28.6 Å². The highest BCUT2D eigenvalue weighted by atomic mass is 35.5. The van der Waals surface area contributed by atoms with E-state index in [2.05, 4.69) is 34.6 Å². The summed E-state index contributed by atoms with van der Waals surface area (Å²) in [6, 6.07) is 21.2. The number of nitrogens with one attached hydrogen (secondary N) is 1. The number of thiazole rings is 1. The summed E-state index contributed by atoms with van der Waals surface area (Å²) in [5.41, 5.74) is 6.87. The van der Waals surface area contributed by atoms with Crippen LogP contribution >= 0.6 is 34.5 Å². The van der Waals surface area contributed by atoms with E-state index >= 15 is 0 Å². The van der Waals surface area contributed by atoms with Crippen molar-refractivity contribution >= 4 is 45.9 Å². The van der Waals surface area contributed by atoms with E-state index in [1.54, 1.807) is 29.7 Å². The zero-order chi connectivity index (χ0) is 23.9. The van der Waals surface area contributed by atoms with Gasteiger partial charge in [-0.15, -0.1) is 11.3 Å². The Balaban J connectivity index is 1.43. The fourth-order valence-corrected chi connectivity index (χ4v) is 4.36. The molecule has 0 aliphatic carbocycles. The van der Waals surface area contributed by atoms with Crippen molar-refractivity contribution in [1.82, 2.24) is 4.98 Å². The lowest BCUT2D eigenvalue weighted by molar-refractivity contribution is 0.269. The minimum Gasteiger partial charge on any atom is -0.490 e. The average molecular weight is 512 g/mol. The first-order chi connectivity index (χ1) is 16.5. The Morgan fingerprint density at radius 2 is 1.79 bits per heavy atom. The number of aromatic nitrogens is 1. The molecule has 1 heterocycles. The van der Waals surface area contributed by atoms with Gasteiger partial charge in [0.25, 0.3) is 0 Å². The minimum atomic E-state index is 0.346.